The number of aryl methyl sites for hydroxylation is 1. The van der Waals surface area contributed by atoms with E-state index in [1.165, 1.54) is 6.08 Å². The minimum atomic E-state index is -0.229. The van der Waals surface area contributed by atoms with Gasteiger partial charge in [0.15, 0.2) is 5.82 Å². The van der Waals surface area contributed by atoms with Crippen LogP contribution in [0.1, 0.15) is 17.3 Å². The maximum absolute atomic E-state index is 11.6. The van der Waals surface area contributed by atoms with Crippen LogP contribution in [0.4, 0.5) is 5.69 Å². The summed E-state index contributed by atoms with van der Waals surface area (Å²) < 4.78 is 4.88. The van der Waals surface area contributed by atoms with Gasteiger partial charge in [-0.2, -0.15) is 4.98 Å². The summed E-state index contributed by atoms with van der Waals surface area (Å²) in [6.45, 7) is 1.93. The van der Waals surface area contributed by atoms with Crippen LogP contribution in [-0.4, -0.2) is 16.0 Å². The number of nitrogens with zero attached hydrogens (tertiary/aromatic N) is 2. The second-order valence-electron chi connectivity index (χ2n) is 3.95. The smallest absolute Gasteiger partial charge is 0.246 e. The number of carbonyl (C=O) groups excluding carboxylic acids is 1. The number of aromatic nitrogens is 2. The lowest BCUT2D eigenvalue weighted by atomic mass is 10.2. The van der Waals surface area contributed by atoms with Crippen molar-refractivity contribution in [3.63, 3.8) is 0 Å². The summed E-state index contributed by atoms with van der Waals surface area (Å²) >= 11 is 0. The van der Waals surface area contributed by atoms with Crippen LogP contribution in [0.25, 0.3) is 6.08 Å². The summed E-state index contributed by atoms with van der Waals surface area (Å²) in [5, 5.41) is 6.28. The zero-order valence-corrected chi connectivity index (χ0v) is 10.5. The molecule has 0 aliphatic rings. The second-order valence-corrected chi connectivity index (χ2v) is 3.95. The molecular weight excluding hydrogens is 244 g/mol. The minimum absolute atomic E-state index is 0.214. The molecule has 0 saturated carbocycles. The molecule has 1 heterocycles. The Labute approximate surface area is 110 Å². The Bertz CT molecular complexity index is 587. The van der Waals surface area contributed by atoms with Crippen molar-refractivity contribution < 1.29 is 9.32 Å². The summed E-state index contributed by atoms with van der Waals surface area (Å²) in [4.78, 5) is 15.5. The maximum Gasteiger partial charge on any atom is 0.246 e. The van der Waals surface area contributed by atoms with E-state index >= 15 is 0 Å². The number of carbonyl (C=O) groups is 1. The van der Waals surface area contributed by atoms with Gasteiger partial charge in [0.2, 0.25) is 11.8 Å². The first-order valence-corrected chi connectivity index (χ1v) is 5.74. The molecule has 2 rings (SSSR count). The second kappa shape index (κ2) is 5.81. The Hall–Kier alpha value is -2.63. The molecule has 6 nitrogen and oxygen atoms in total. The highest BCUT2D eigenvalue weighted by Gasteiger charge is 2.03. The predicted molar refractivity (Wildman–Crippen MR) is 70.8 cm³/mol. The van der Waals surface area contributed by atoms with Gasteiger partial charge in [-0.05, 0) is 30.7 Å². The Balaban J connectivity index is 1.85. The van der Waals surface area contributed by atoms with E-state index in [1.807, 2.05) is 12.1 Å². The lowest BCUT2D eigenvalue weighted by Crippen LogP contribution is -2.20. The van der Waals surface area contributed by atoms with Crippen molar-refractivity contribution >= 4 is 17.7 Å². The van der Waals surface area contributed by atoms with Gasteiger partial charge >= 0.3 is 0 Å². The van der Waals surface area contributed by atoms with Crippen molar-refractivity contribution in [3.8, 4) is 0 Å². The van der Waals surface area contributed by atoms with Gasteiger partial charge in [0, 0.05) is 11.8 Å². The van der Waals surface area contributed by atoms with Gasteiger partial charge in [-0.25, -0.2) is 0 Å². The van der Waals surface area contributed by atoms with Crippen LogP contribution in [0.15, 0.2) is 34.9 Å². The van der Waals surface area contributed by atoms with Crippen LogP contribution in [0, 0.1) is 6.92 Å². The first kappa shape index (κ1) is 12.8. The Morgan fingerprint density at radius 3 is 2.79 bits per heavy atom. The van der Waals surface area contributed by atoms with Gasteiger partial charge in [0.1, 0.15) is 0 Å². The lowest BCUT2D eigenvalue weighted by Gasteiger charge is -1.97. The zero-order valence-electron chi connectivity index (χ0n) is 10.5. The third-order valence-electron chi connectivity index (χ3n) is 2.35. The molecule has 0 saturated heterocycles. The van der Waals surface area contributed by atoms with Crippen molar-refractivity contribution in [2.45, 2.75) is 13.5 Å². The fraction of sp³-hybridized carbons (Fsp3) is 0.154. The molecule has 6 heteroatoms. The SMILES string of the molecule is Cc1noc(CNC(=O)/C=C/c2ccc(N)cc2)n1. The molecule has 98 valence electrons. The van der Waals surface area contributed by atoms with Crippen molar-refractivity contribution in [3.05, 3.63) is 47.6 Å². The number of anilines is 1. The van der Waals surface area contributed by atoms with E-state index in [-0.39, 0.29) is 12.5 Å². The van der Waals surface area contributed by atoms with Crippen LogP contribution in [0.5, 0.6) is 0 Å². The molecule has 2 aromatic rings. The standard InChI is InChI=1S/C13H14N4O2/c1-9-16-13(19-17-9)8-15-12(18)7-4-10-2-5-11(14)6-3-10/h2-7H,8,14H2,1H3,(H,15,18)/b7-4+. The normalized spacial score (nSPS) is 10.8. The van der Waals surface area contributed by atoms with E-state index in [9.17, 15) is 4.79 Å². The molecule has 19 heavy (non-hydrogen) atoms. The van der Waals surface area contributed by atoms with E-state index in [4.69, 9.17) is 10.3 Å². The highest BCUT2D eigenvalue weighted by Crippen LogP contribution is 2.06. The maximum atomic E-state index is 11.6. The molecule has 0 unspecified atom stereocenters. The fourth-order valence-corrected chi connectivity index (χ4v) is 1.41. The highest BCUT2D eigenvalue weighted by atomic mass is 16.5. The number of amides is 1. The van der Waals surface area contributed by atoms with E-state index in [1.54, 1.807) is 25.1 Å². The van der Waals surface area contributed by atoms with Crippen molar-refractivity contribution in [1.29, 1.82) is 0 Å². The van der Waals surface area contributed by atoms with Crippen molar-refractivity contribution in [2.24, 2.45) is 0 Å². The first-order valence-electron chi connectivity index (χ1n) is 5.74. The summed E-state index contributed by atoms with van der Waals surface area (Å²) in [5.74, 6) is 0.695. The summed E-state index contributed by atoms with van der Waals surface area (Å²) in [5.41, 5.74) is 7.16. The number of hydrogen-bond donors (Lipinski definition) is 2. The molecule has 1 amide bonds. The molecule has 0 atom stereocenters. The van der Waals surface area contributed by atoms with Crippen LogP contribution in [0.2, 0.25) is 0 Å². The van der Waals surface area contributed by atoms with Crippen LogP contribution < -0.4 is 11.1 Å². The molecule has 0 aliphatic carbocycles. The van der Waals surface area contributed by atoms with Gasteiger partial charge in [0.05, 0.1) is 6.54 Å². The number of hydrogen-bond acceptors (Lipinski definition) is 5. The number of nitrogens with two attached hydrogens (primary N) is 1. The molecule has 0 aliphatic heterocycles. The van der Waals surface area contributed by atoms with Gasteiger partial charge < -0.3 is 15.6 Å². The third kappa shape index (κ3) is 3.95. The van der Waals surface area contributed by atoms with E-state index in [0.29, 0.717) is 17.4 Å². The Morgan fingerprint density at radius 1 is 1.42 bits per heavy atom. The average molecular weight is 258 g/mol. The number of nitrogen functional groups attached to an aromatic ring is 1. The first-order chi connectivity index (χ1) is 9.13. The molecule has 3 N–H and O–H groups in total. The summed E-state index contributed by atoms with van der Waals surface area (Å²) in [6, 6.07) is 7.22. The van der Waals surface area contributed by atoms with Crippen molar-refractivity contribution in [2.75, 3.05) is 5.73 Å². The largest absolute Gasteiger partial charge is 0.399 e. The van der Waals surface area contributed by atoms with E-state index in [2.05, 4.69) is 15.5 Å². The Morgan fingerprint density at radius 2 is 2.16 bits per heavy atom. The third-order valence-corrected chi connectivity index (χ3v) is 2.35. The molecule has 0 radical (unpaired) electrons. The highest BCUT2D eigenvalue weighted by molar-refractivity contribution is 5.91. The summed E-state index contributed by atoms with van der Waals surface area (Å²) in [6.07, 6.45) is 3.14. The van der Waals surface area contributed by atoms with Crippen molar-refractivity contribution in [1.82, 2.24) is 15.5 Å². The Kier molecular flexibility index (Phi) is 3.92. The molecule has 0 bridgehead atoms. The minimum Gasteiger partial charge on any atom is -0.399 e. The van der Waals surface area contributed by atoms with Gasteiger partial charge in [-0.1, -0.05) is 17.3 Å². The topological polar surface area (TPSA) is 94.0 Å². The fourth-order valence-electron chi connectivity index (χ4n) is 1.41. The number of rotatable bonds is 4. The van der Waals surface area contributed by atoms with Crippen LogP contribution >= 0.6 is 0 Å². The zero-order chi connectivity index (χ0) is 13.7. The molecule has 1 aromatic carbocycles. The summed E-state index contributed by atoms with van der Waals surface area (Å²) in [7, 11) is 0. The lowest BCUT2D eigenvalue weighted by molar-refractivity contribution is -0.116. The predicted octanol–water partition coefficient (Wildman–Crippen LogP) is 1.29. The van der Waals surface area contributed by atoms with Crippen LogP contribution in [-0.2, 0) is 11.3 Å². The van der Waals surface area contributed by atoms with Gasteiger partial charge in [-0.3, -0.25) is 4.79 Å². The quantitative estimate of drug-likeness (QED) is 0.636. The van der Waals surface area contributed by atoms with Gasteiger partial charge in [0.25, 0.3) is 0 Å². The van der Waals surface area contributed by atoms with E-state index < -0.39 is 0 Å². The van der Waals surface area contributed by atoms with Gasteiger partial charge in [-0.15, -0.1) is 0 Å². The van der Waals surface area contributed by atoms with Crippen LogP contribution in [0.3, 0.4) is 0 Å². The van der Waals surface area contributed by atoms with E-state index in [0.717, 1.165) is 5.56 Å². The number of nitrogens with one attached hydrogen (secondary N) is 1. The number of benzene rings is 1. The average Bonchev–Trinajstić information content (AvgIpc) is 2.81. The molecule has 0 spiro atoms. The molecule has 0 fully saturated rings. The monoisotopic (exact) mass is 258 g/mol. The molecular formula is C13H14N4O2. The molecule has 1 aromatic heterocycles.